The summed E-state index contributed by atoms with van der Waals surface area (Å²) >= 11 is 0. The van der Waals surface area contributed by atoms with E-state index in [1.807, 2.05) is 0 Å². The predicted molar refractivity (Wildman–Crippen MR) is 102 cm³/mol. The number of hydrogen-bond donors (Lipinski definition) is 1. The van der Waals surface area contributed by atoms with E-state index in [1.54, 1.807) is 0 Å². The molecule has 2 bridgehead atoms. The third kappa shape index (κ3) is 4.73. The number of carbonyl (C=O) groups is 2. The maximum absolute atomic E-state index is 13.4. The lowest BCUT2D eigenvalue weighted by molar-refractivity contribution is -0.401. The van der Waals surface area contributed by atoms with Crippen molar-refractivity contribution < 1.29 is 55.2 Å². The van der Waals surface area contributed by atoms with Crippen LogP contribution in [0.25, 0.3) is 0 Å². The highest BCUT2D eigenvalue weighted by Gasteiger charge is 2.74. The van der Waals surface area contributed by atoms with Gasteiger partial charge in [-0.15, -0.1) is 0 Å². The molecule has 5 atom stereocenters. The Hall–Kier alpha value is -1.82. The molecule has 6 nitrogen and oxygen atoms in total. The third-order valence-corrected chi connectivity index (χ3v) is 6.79. The van der Waals surface area contributed by atoms with Crippen LogP contribution in [0.4, 0.5) is 26.3 Å². The van der Waals surface area contributed by atoms with Gasteiger partial charge in [0.05, 0.1) is 11.5 Å². The van der Waals surface area contributed by atoms with Crippen molar-refractivity contribution in [3.05, 3.63) is 12.2 Å². The Bertz CT molecular complexity index is 758. The van der Waals surface area contributed by atoms with Crippen molar-refractivity contribution in [2.24, 2.45) is 11.8 Å². The zero-order valence-electron chi connectivity index (χ0n) is 18.7. The first-order valence-electron chi connectivity index (χ1n) is 10.6. The summed E-state index contributed by atoms with van der Waals surface area (Å²) < 4.78 is 96.3. The first kappa shape index (κ1) is 27.4. The minimum Gasteiger partial charge on any atom is -0.458 e. The predicted octanol–water partition coefficient (Wildman–Crippen LogP) is 4.25. The van der Waals surface area contributed by atoms with Gasteiger partial charge in [0.1, 0.15) is 18.3 Å². The van der Waals surface area contributed by atoms with E-state index >= 15 is 0 Å². The highest BCUT2D eigenvalue weighted by Crippen LogP contribution is 2.52. The van der Waals surface area contributed by atoms with Crippen LogP contribution in [0.5, 0.6) is 0 Å². The fourth-order valence-electron chi connectivity index (χ4n) is 4.78. The summed E-state index contributed by atoms with van der Waals surface area (Å²) in [7, 11) is 0. The van der Waals surface area contributed by atoms with Crippen LogP contribution >= 0.6 is 0 Å². The third-order valence-electron chi connectivity index (χ3n) is 6.79. The van der Waals surface area contributed by atoms with Crippen molar-refractivity contribution in [2.75, 3.05) is 0 Å². The molecule has 1 saturated heterocycles. The molecule has 1 saturated carbocycles. The number of aliphatic hydroxyl groups is 1. The minimum absolute atomic E-state index is 0.0694. The molecule has 5 unspecified atom stereocenters. The molecule has 0 radical (unpaired) electrons. The number of fused-ring (bicyclic) bond motifs is 2. The summed E-state index contributed by atoms with van der Waals surface area (Å²) in [5.41, 5.74) is -6.73. The van der Waals surface area contributed by atoms with Gasteiger partial charge in [-0.1, -0.05) is 20.4 Å². The van der Waals surface area contributed by atoms with Crippen molar-refractivity contribution in [3.63, 3.8) is 0 Å². The molecule has 1 aliphatic heterocycles. The summed E-state index contributed by atoms with van der Waals surface area (Å²) in [5, 5.41) is 9.78. The molecule has 190 valence electrons. The van der Waals surface area contributed by atoms with Gasteiger partial charge in [0.15, 0.2) is 0 Å². The lowest BCUT2D eigenvalue weighted by atomic mass is 9.67. The van der Waals surface area contributed by atoms with Crippen LogP contribution in [0.2, 0.25) is 0 Å². The fraction of sp³-hybridized carbons (Fsp3) is 0.810. The number of rotatable bonds is 8. The average Bonchev–Trinajstić information content (AvgIpc) is 3.02. The lowest BCUT2D eigenvalue weighted by Crippen LogP contribution is -2.66. The summed E-state index contributed by atoms with van der Waals surface area (Å²) in [6.45, 7) is 8.35. The average molecular weight is 490 g/mol. The Labute approximate surface area is 187 Å². The Balaban J connectivity index is 2.45. The zero-order chi connectivity index (χ0) is 25.6. The van der Waals surface area contributed by atoms with E-state index < -0.39 is 65.6 Å². The van der Waals surface area contributed by atoms with Crippen molar-refractivity contribution in [1.82, 2.24) is 0 Å². The quantitative estimate of drug-likeness (QED) is 0.311. The van der Waals surface area contributed by atoms with Crippen LogP contribution in [0, 0.1) is 11.8 Å². The van der Waals surface area contributed by atoms with E-state index in [0.717, 1.165) is 0 Å². The Morgan fingerprint density at radius 3 is 2.09 bits per heavy atom. The molecule has 1 aliphatic carbocycles. The Kier molecular flexibility index (Phi) is 7.55. The van der Waals surface area contributed by atoms with Gasteiger partial charge >= 0.3 is 24.3 Å². The fourth-order valence-corrected chi connectivity index (χ4v) is 4.78. The number of alkyl halides is 6. The van der Waals surface area contributed by atoms with Gasteiger partial charge in [0, 0.05) is 17.9 Å². The van der Waals surface area contributed by atoms with Crippen LogP contribution in [-0.4, -0.2) is 58.9 Å². The summed E-state index contributed by atoms with van der Waals surface area (Å²) in [5.74, 6) is -3.25. The molecule has 1 heterocycles. The topological polar surface area (TPSA) is 82.1 Å². The van der Waals surface area contributed by atoms with Gasteiger partial charge in [-0.05, 0) is 33.1 Å². The van der Waals surface area contributed by atoms with Gasteiger partial charge in [0.2, 0.25) is 0 Å². The van der Waals surface area contributed by atoms with E-state index in [9.17, 15) is 41.0 Å². The molecule has 12 heteroatoms. The standard InChI is InChI=1S/C21H28F6O6/c1-6-18(7-2,33-11(5)19(30,20(22,23)24)21(25,26)27)13-9-15(31-16(28)10(3)4)14-8-12(13)17(29)32-14/h11-15,30H,3,6-9H2,1-2,4-5H3. The van der Waals surface area contributed by atoms with Crippen LogP contribution in [0.3, 0.4) is 0 Å². The van der Waals surface area contributed by atoms with Gasteiger partial charge in [0.25, 0.3) is 5.60 Å². The molecule has 2 fully saturated rings. The molecule has 1 N–H and O–H groups in total. The van der Waals surface area contributed by atoms with E-state index in [-0.39, 0.29) is 31.3 Å². The second-order valence-corrected chi connectivity index (χ2v) is 8.68. The largest absolute Gasteiger partial charge is 0.458 e. The van der Waals surface area contributed by atoms with E-state index in [4.69, 9.17) is 14.2 Å². The smallest absolute Gasteiger partial charge is 0.428 e. The summed E-state index contributed by atoms with van der Waals surface area (Å²) in [6, 6.07) is 0. The van der Waals surface area contributed by atoms with Gasteiger partial charge < -0.3 is 19.3 Å². The number of ether oxygens (including phenoxy) is 3. The molecule has 0 aromatic heterocycles. The van der Waals surface area contributed by atoms with Crippen LogP contribution in [-0.2, 0) is 23.8 Å². The van der Waals surface area contributed by atoms with Gasteiger partial charge in [-0.3, -0.25) is 4.79 Å². The van der Waals surface area contributed by atoms with Crippen molar-refractivity contribution in [2.45, 2.75) is 95.2 Å². The molecule has 33 heavy (non-hydrogen) atoms. The molecule has 2 rings (SSSR count). The van der Waals surface area contributed by atoms with E-state index in [0.29, 0.717) is 6.92 Å². The second kappa shape index (κ2) is 9.09. The lowest BCUT2D eigenvalue weighted by Gasteiger charge is -2.48. The number of halogens is 6. The van der Waals surface area contributed by atoms with E-state index in [1.165, 1.54) is 20.8 Å². The Morgan fingerprint density at radius 2 is 1.67 bits per heavy atom. The highest BCUT2D eigenvalue weighted by atomic mass is 19.4. The first-order chi connectivity index (χ1) is 14.9. The van der Waals surface area contributed by atoms with Crippen LogP contribution < -0.4 is 0 Å². The summed E-state index contributed by atoms with van der Waals surface area (Å²) in [6.07, 6.45) is -16.8. The van der Waals surface area contributed by atoms with Gasteiger partial charge in [-0.2, -0.15) is 26.3 Å². The maximum Gasteiger partial charge on any atom is 0.428 e. The van der Waals surface area contributed by atoms with Crippen molar-refractivity contribution in [1.29, 1.82) is 0 Å². The molecular weight excluding hydrogens is 462 g/mol. The Morgan fingerprint density at radius 1 is 1.15 bits per heavy atom. The normalized spacial score (nSPS) is 27.2. The SMILES string of the molecule is C=C(C)C(=O)OC1CC(C(CC)(CC)OC(C)C(O)(C(F)(F)F)C(F)(F)F)C2CC1OC2=O. The molecule has 0 aromatic rings. The first-order valence-corrected chi connectivity index (χ1v) is 10.6. The minimum atomic E-state index is -6.07. The molecular formula is C21H28F6O6. The summed E-state index contributed by atoms with van der Waals surface area (Å²) in [4.78, 5) is 24.5. The van der Waals surface area contributed by atoms with E-state index in [2.05, 4.69) is 6.58 Å². The molecule has 0 aromatic carbocycles. The monoisotopic (exact) mass is 490 g/mol. The molecule has 2 aliphatic rings. The van der Waals surface area contributed by atoms with Crippen LogP contribution in [0.15, 0.2) is 12.2 Å². The highest BCUT2D eigenvalue weighted by molar-refractivity contribution is 5.87. The zero-order valence-corrected chi connectivity index (χ0v) is 18.7. The number of esters is 2. The molecule has 0 spiro atoms. The van der Waals surface area contributed by atoms with Crippen LogP contribution in [0.1, 0.15) is 53.4 Å². The number of hydrogen-bond acceptors (Lipinski definition) is 6. The maximum atomic E-state index is 13.4. The van der Waals surface area contributed by atoms with Gasteiger partial charge in [-0.25, -0.2) is 4.79 Å². The number of carbonyl (C=O) groups excluding carboxylic acids is 2. The van der Waals surface area contributed by atoms with Crippen molar-refractivity contribution >= 4 is 11.9 Å². The molecule has 0 amide bonds. The second-order valence-electron chi connectivity index (χ2n) is 8.68. The van der Waals surface area contributed by atoms with Crippen molar-refractivity contribution in [3.8, 4) is 0 Å².